The Kier molecular flexibility index (Phi) is 5.73. The Morgan fingerprint density at radius 3 is 2.90 bits per heavy atom. The van der Waals surface area contributed by atoms with Crippen molar-refractivity contribution in [1.82, 2.24) is 20.1 Å². The van der Waals surface area contributed by atoms with E-state index in [1.807, 2.05) is 66.9 Å². The lowest BCUT2D eigenvalue weighted by Gasteiger charge is -2.15. The van der Waals surface area contributed by atoms with Crippen molar-refractivity contribution in [2.24, 2.45) is 0 Å². The first-order chi connectivity index (χ1) is 14.1. The Balaban J connectivity index is 1.38. The maximum Gasteiger partial charge on any atom is 0.243 e. The van der Waals surface area contributed by atoms with Crippen LogP contribution >= 0.6 is 23.6 Å². The lowest BCUT2D eigenvalue weighted by molar-refractivity contribution is -0.123. The number of ether oxygens (including phenoxy) is 1. The molecule has 2 aromatic heterocycles. The van der Waals surface area contributed by atoms with Crippen LogP contribution < -0.4 is 10.1 Å². The van der Waals surface area contributed by atoms with Gasteiger partial charge in [-0.3, -0.25) is 14.5 Å². The molecular formula is C21H20N4O2S2. The largest absolute Gasteiger partial charge is 0.491 e. The Hall–Kier alpha value is -2.97. The van der Waals surface area contributed by atoms with Crippen molar-refractivity contribution in [1.29, 1.82) is 0 Å². The molecule has 2 heterocycles. The third-order valence-electron chi connectivity index (χ3n) is 4.62. The van der Waals surface area contributed by atoms with Gasteiger partial charge in [-0.1, -0.05) is 42.5 Å². The Morgan fingerprint density at radius 2 is 2.07 bits per heavy atom. The monoisotopic (exact) mass is 424 g/mol. The second-order valence-corrected chi connectivity index (χ2v) is 7.83. The second-order valence-electron chi connectivity index (χ2n) is 6.49. The average molecular weight is 425 g/mol. The highest BCUT2D eigenvalue weighted by Gasteiger charge is 2.21. The summed E-state index contributed by atoms with van der Waals surface area (Å²) in [5.41, 5.74) is 0. The Labute approximate surface area is 177 Å². The number of rotatable bonds is 7. The van der Waals surface area contributed by atoms with Gasteiger partial charge in [0.1, 0.15) is 18.4 Å². The fraction of sp³-hybridized carbons (Fsp3) is 0.190. The molecule has 2 N–H and O–H groups in total. The molecule has 2 aromatic carbocycles. The molecule has 0 aliphatic carbocycles. The maximum atomic E-state index is 12.7. The molecule has 6 nitrogen and oxygen atoms in total. The highest BCUT2D eigenvalue weighted by atomic mass is 32.1. The molecule has 8 heteroatoms. The molecule has 148 valence electrons. The fourth-order valence-electron chi connectivity index (χ4n) is 3.17. The summed E-state index contributed by atoms with van der Waals surface area (Å²) in [4.78, 5) is 13.6. The van der Waals surface area contributed by atoms with E-state index in [-0.39, 0.29) is 5.91 Å². The van der Waals surface area contributed by atoms with E-state index in [4.69, 9.17) is 17.0 Å². The van der Waals surface area contributed by atoms with Crippen molar-refractivity contribution < 1.29 is 9.53 Å². The standard InChI is InChI=1S/C21H20N4O2S2/c1-14(25-19(23-24-21(25)28)18-10-5-13-29-18)20(26)22-11-12-27-17-9-4-7-15-6-2-3-8-16(15)17/h2-10,13-14H,11-12H2,1H3,(H,22,26)(H,24,28). The van der Waals surface area contributed by atoms with E-state index in [1.54, 1.807) is 15.9 Å². The van der Waals surface area contributed by atoms with Gasteiger partial charge in [-0.15, -0.1) is 11.3 Å². The van der Waals surface area contributed by atoms with Crippen LogP contribution in [-0.4, -0.2) is 33.8 Å². The van der Waals surface area contributed by atoms with E-state index in [0.717, 1.165) is 21.4 Å². The van der Waals surface area contributed by atoms with Crippen LogP contribution in [0.5, 0.6) is 5.75 Å². The third kappa shape index (κ3) is 4.08. The smallest absolute Gasteiger partial charge is 0.243 e. The number of fused-ring (bicyclic) bond motifs is 1. The molecule has 0 aliphatic heterocycles. The number of aromatic nitrogens is 3. The number of thiophene rings is 1. The molecule has 29 heavy (non-hydrogen) atoms. The van der Waals surface area contributed by atoms with E-state index in [2.05, 4.69) is 15.5 Å². The van der Waals surface area contributed by atoms with E-state index >= 15 is 0 Å². The number of aromatic amines is 1. The summed E-state index contributed by atoms with van der Waals surface area (Å²) in [5.74, 6) is 1.34. The molecule has 1 unspecified atom stereocenters. The molecule has 0 radical (unpaired) electrons. The molecule has 4 aromatic rings. The normalized spacial score (nSPS) is 12.0. The predicted octanol–water partition coefficient (Wildman–Crippen LogP) is 4.58. The van der Waals surface area contributed by atoms with Gasteiger partial charge in [0.05, 0.1) is 11.4 Å². The zero-order valence-corrected chi connectivity index (χ0v) is 17.4. The lowest BCUT2D eigenvalue weighted by atomic mass is 10.1. The first-order valence-electron chi connectivity index (χ1n) is 9.24. The van der Waals surface area contributed by atoms with Gasteiger partial charge in [0.2, 0.25) is 5.91 Å². The summed E-state index contributed by atoms with van der Waals surface area (Å²) >= 11 is 6.88. The quantitative estimate of drug-likeness (QED) is 0.337. The van der Waals surface area contributed by atoms with Gasteiger partial charge in [0.15, 0.2) is 10.6 Å². The van der Waals surface area contributed by atoms with Crippen molar-refractivity contribution in [2.75, 3.05) is 13.2 Å². The number of carbonyl (C=O) groups is 1. The summed E-state index contributed by atoms with van der Waals surface area (Å²) in [6.07, 6.45) is 0. The molecule has 0 fully saturated rings. The molecule has 0 bridgehead atoms. The van der Waals surface area contributed by atoms with Crippen LogP contribution in [0.25, 0.3) is 21.5 Å². The topological polar surface area (TPSA) is 71.9 Å². The van der Waals surface area contributed by atoms with E-state index in [9.17, 15) is 4.79 Å². The number of benzene rings is 2. The van der Waals surface area contributed by atoms with Gasteiger partial charge in [0, 0.05) is 5.39 Å². The molecule has 1 atom stereocenters. The molecule has 0 saturated heterocycles. The number of carbonyl (C=O) groups excluding carboxylic acids is 1. The number of H-pyrrole nitrogens is 1. The second kappa shape index (κ2) is 8.59. The van der Waals surface area contributed by atoms with Gasteiger partial charge in [-0.25, -0.2) is 0 Å². The lowest BCUT2D eigenvalue weighted by Crippen LogP contribution is -2.34. The average Bonchev–Trinajstić information content (AvgIpc) is 3.40. The molecule has 0 spiro atoms. The summed E-state index contributed by atoms with van der Waals surface area (Å²) in [5, 5.41) is 14.1. The van der Waals surface area contributed by atoms with Crippen LogP contribution in [0.15, 0.2) is 60.0 Å². The van der Waals surface area contributed by atoms with Crippen LogP contribution in [0, 0.1) is 4.77 Å². The zero-order valence-electron chi connectivity index (χ0n) is 15.8. The fourth-order valence-corrected chi connectivity index (χ4v) is 4.17. The molecular weight excluding hydrogens is 404 g/mol. The third-order valence-corrected chi connectivity index (χ3v) is 5.78. The van der Waals surface area contributed by atoms with E-state index < -0.39 is 6.04 Å². The van der Waals surface area contributed by atoms with Gasteiger partial charge >= 0.3 is 0 Å². The number of nitrogens with zero attached hydrogens (tertiary/aromatic N) is 2. The Bertz CT molecular complexity index is 1180. The van der Waals surface area contributed by atoms with Gasteiger partial charge < -0.3 is 10.1 Å². The SMILES string of the molecule is CC(C(=O)NCCOc1cccc2ccccc12)n1c(-c2cccs2)n[nH]c1=S. The van der Waals surface area contributed by atoms with Gasteiger partial charge in [-0.2, -0.15) is 5.10 Å². The van der Waals surface area contributed by atoms with Gasteiger partial charge in [0.25, 0.3) is 0 Å². The van der Waals surface area contributed by atoms with Crippen LogP contribution in [0.1, 0.15) is 13.0 Å². The summed E-state index contributed by atoms with van der Waals surface area (Å²) < 4.78 is 8.05. The van der Waals surface area contributed by atoms with Crippen molar-refractivity contribution in [3.8, 4) is 16.5 Å². The number of hydrogen-bond acceptors (Lipinski definition) is 5. The first-order valence-corrected chi connectivity index (χ1v) is 10.5. The Morgan fingerprint density at radius 1 is 1.24 bits per heavy atom. The molecule has 4 rings (SSSR count). The highest BCUT2D eigenvalue weighted by molar-refractivity contribution is 7.71. The molecule has 0 aliphatic rings. The summed E-state index contributed by atoms with van der Waals surface area (Å²) in [7, 11) is 0. The van der Waals surface area contributed by atoms with Crippen molar-refractivity contribution in [3.05, 3.63) is 64.7 Å². The minimum Gasteiger partial charge on any atom is -0.491 e. The predicted molar refractivity (Wildman–Crippen MR) is 118 cm³/mol. The zero-order chi connectivity index (χ0) is 20.2. The van der Waals surface area contributed by atoms with Crippen molar-refractivity contribution >= 4 is 40.2 Å². The first kappa shape index (κ1) is 19.4. The summed E-state index contributed by atoms with van der Waals surface area (Å²) in [6, 6.07) is 17.4. The number of amides is 1. The van der Waals surface area contributed by atoms with E-state index in [0.29, 0.717) is 23.7 Å². The molecule has 1 amide bonds. The van der Waals surface area contributed by atoms with Crippen molar-refractivity contribution in [2.45, 2.75) is 13.0 Å². The van der Waals surface area contributed by atoms with Crippen LogP contribution in [0.4, 0.5) is 0 Å². The number of hydrogen-bond donors (Lipinski definition) is 2. The van der Waals surface area contributed by atoms with Gasteiger partial charge in [-0.05, 0) is 42.0 Å². The van der Waals surface area contributed by atoms with Crippen LogP contribution in [-0.2, 0) is 4.79 Å². The van der Waals surface area contributed by atoms with Crippen LogP contribution in [0.2, 0.25) is 0 Å². The van der Waals surface area contributed by atoms with Crippen LogP contribution in [0.3, 0.4) is 0 Å². The van der Waals surface area contributed by atoms with E-state index in [1.165, 1.54) is 0 Å². The highest BCUT2D eigenvalue weighted by Crippen LogP contribution is 2.26. The maximum absolute atomic E-state index is 12.7. The minimum atomic E-state index is -0.490. The number of nitrogens with one attached hydrogen (secondary N) is 2. The molecule has 0 saturated carbocycles. The summed E-state index contributed by atoms with van der Waals surface area (Å²) in [6.45, 7) is 2.58. The minimum absolute atomic E-state index is 0.137. The van der Waals surface area contributed by atoms with Crippen molar-refractivity contribution in [3.63, 3.8) is 0 Å².